The van der Waals surface area contributed by atoms with Crippen LogP contribution in [-0.2, 0) is 6.42 Å². The van der Waals surface area contributed by atoms with Gasteiger partial charge in [-0.1, -0.05) is 23.2 Å². The molecule has 0 heterocycles. The van der Waals surface area contributed by atoms with Crippen molar-refractivity contribution in [2.75, 3.05) is 12.0 Å². The Labute approximate surface area is 87.3 Å². The number of hydrogen-bond acceptors (Lipinski definition) is 1. The van der Waals surface area contributed by atoms with Crippen LogP contribution >= 0.6 is 35.0 Å². The maximum atomic E-state index is 5.84. The highest BCUT2D eigenvalue weighted by atomic mass is 35.5. The van der Waals surface area contributed by atoms with Gasteiger partial charge in [0.05, 0.1) is 0 Å². The second-order valence-electron chi connectivity index (χ2n) is 2.52. The van der Waals surface area contributed by atoms with Crippen LogP contribution in [0.3, 0.4) is 0 Å². The van der Waals surface area contributed by atoms with Gasteiger partial charge in [-0.3, -0.25) is 0 Å². The summed E-state index contributed by atoms with van der Waals surface area (Å²) in [5.41, 5.74) is 1.21. The number of hydrogen-bond donors (Lipinski definition) is 0. The predicted octanol–water partition coefficient (Wildman–Crippen LogP) is 3.90. The molecule has 0 spiro atoms. The summed E-state index contributed by atoms with van der Waals surface area (Å²) in [6, 6.07) is 5.68. The summed E-state index contributed by atoms with van der Waals surface area (Å²) in [5, 5.41) is 1.44. The Hall–Kier alpha value is 0.150. The van der Waals surface area contributed by atoms with Gasteiger partial charge in [-0.2, -0.15) is 11.8 Å². The third-order valence-electron chi connectivity index (χ3n) is 1.52. The molecule has 3 heteroatoms. The normalized spacial score (nSPS) is 10.2. The molecule has 0 saturated carbocycles. The number of thioether (sulfide) groups is 1. The van der Waals surface area contributed by atoms with E-state index in [1.807, 2.05) is 23.9 Å². The van der Waals surface area contributed by atoms with E-state index in [2.05, 4.69) is 6.26 Å². The molecule has 0 aliphatic rings. The maximum absolute atomic E-state index is 5.84. The van der Waals surface area contributed by atoms with Crippen molar-refractivity contribution in [2.45, 2.75) is 6.42 Å². The monoisotopic (exact) mass is 220 g/mol. The Bertz CT molecular complexity index is 240. The van der Waals surface area contributed by atoms with E-state index >= 15 is 0 Å². The fourth-order valence-electron chi connectivity index (χ4n) is 0.975. The quantitative estimate of drug-likeness (QED) is 0.745. The largest absolute Gasteiger partial charge is 0.165 e. The zero-order chi connectivity index (χ0) is 8.97. The second-order valence-corrected chi connectivity index (χ2v) is 4.38. The van der Waals surface area contributed by atoms with Gasteiger partial charge >= 0.3 is 0 Å². The first-order valence-electron chi connectivity index (χ1n) is 3.66. The second kappa shape index (κ2) is 5.00. The van der Waals surface area contributed by atoms with Gasteiger partial charge in [-0.05, 0) is 42.2 Å². The summed E-state index contributed by atoms with van der Waals surface area (Å²) in [6.45, 7) is 0. The standard InChI is InChI=1S/C9H10Cl2S/c1-12-3-2-7-4-8(10)6-9(11)5-7/h4-6H,2-3H2,1H3. The zero-order valence-electron chi connectivity index (χ0n) is 6.81. The Balaban J connectivity index is 2.72. The van der Waals surface area contributed by atoms with Gasteiger partial charge in [-0.15, -0.1) is 0 Å². The minimum Gasteiger partial charge on any atom is -0.165 e. The van der Waals surface area contributed by atoms with Crippen LogP contribution in [-0.4, -0.2) is 12.0 Å². The molecule has 0 amide bonds. The molecule has 0 aliphatic carbocycles. The van der Waals surface area contributed by atoms with Crippen molar-refractivity contribution in [2.24, 2.45) is 0 Å². The van der Waals surface area contributed by atoms with Crippen LogP contribution in [0.2, 0.25) is 10.0 Å². The van der Waals surface area contributed by atoms with E-state index in [0.717, 1.165) is 22.2 Å². The van der Waals surface area contributed by atoms with Crippen LogP contribution in [0.1, 0.15) is 5.56 Å². The van der Waals surface area contributed by atoms with Crippen molar-refractivity contribution in [3.8, 4) is 0 Å². The van der Waals surface area contributed by atoms with E-state index in [1.54, 1.807) is 6.07 Å². The lowest BCUT2D eigenvalue weighted by Gasteiger charge is -2.01. The van der Waals surface area contributed by atoms with Crippen molar-refractivity contribution in [1.29, 1.82) is 0 Å². The molecule has 1 aromatic carbocycles. The lowest BCUT2D eigenvalue weighted by Crippen LogP contribution is -1.87. The first kappa shape index (κ1) is 10.2. The Kier molecular flexibility index (Phi) is 4.27. The summed E-state index contributed by atoms with van der Waals surface area (Å²) >= 11 is 13.5. The van der Waals surface area contributed by atoms with Gasteiger partial charge in [0.1, 0.15) is 0 Å². The summed E-state index contributed by atoms with van der Waals surface area (Å²) in [7, 11) is 0. The van der Waals surface area contributed by atoms with Gasteiger partial charge in [0, 0.05) is 10.0 Å². The fourth-order valence-corrected chi connectivity index (χ4v) is 1.99. The average molecular weight is 221 g/mol. The van der Waals surface area contributed by atoms with Crippen molar-refractivity contribution in [3.05, 3.63) is 33.8 Å². The number of aryl methyl sites for hydroxylation is 1. The molecule has 0 bridgehead atoms. The van der Waals surface area contributed by atoms with E-state index in [1.165, 1.54) is 5.56 Å². The smallest absolute Gasteiger partial charge is 0.0423 e. The average Bonchev–Trinajstić information content (AvgIpc) is 1.99. The Morgan fingerprint density at radius 2 is 1.75 bits per heavy atom. The number of benzene rings is 1. The minimum absolute atomic E-state index is 0.721. The van der Waals surface area contributed by atoms with Gasteiger partial charge in [0.2, 0.25) is 0 Å². The molecule has 66 valence electrons. The first-order chi connectivity index (χ1) is 5.72. The molecular weight excluding hydrogens is 211 g/mol. The number of rotatable bonds is 3. The summed E-state index contributed by atoms with van der Waals surface area (Å²) in [6.07, 6.45) is 3.12. The molecule has 0 aromatic heterocycles. The van der Waals surface area contributed by atoms with Crippen LogP contribution in [0.4, 0.5) is 0 Å². The first-order valence-corrected chi connectivity index (χ1v) is 5.81. The van der Waals surface area contributed by atoms with Crippen molar-refractivity contribution in [3.63, 3.8) is 0 Å². The van der Waals surface area contributed by atoms with Gasteiger partial charge in [0.25, 0.3) is 0 Å². The Morgan fingerprint density at radius 1 is 1.17 bits per heavy atom. The summed E-state index contributed by atoms with van der Waals surface area (Å²) in [4.78, 5) is 0. The lowest BCUT2D eigenvalue weighted by atomic mass is 10.2. The Morgan fingerprint density at radius 3 is 2.25 bits per heavy atom. The lowest BCUT2D eigenvalue weighted by molar-refractivity contribution is 1.16. The van der Waals surface area contributed by atoms with E-state index in [-0.39, 0.29) is 0 Å². The van der Waals surface area contributed by atoms with Crippen LogP contribution < -0.4 is 0 Å². The van der Waals surface area contributed by atoms with Crippen LogP contribution in [0.15, 0.2) is 18.2 Å². The molecule has 0 radical (unpaired) electrons. The molecule has 0 nitrogen and oxygen atoms in total. The van der Waals surface area contributed by atoms with Gasteiger partial charge in [-0.25, -0.2) is 0 Å². The molecule has 1 rings (SSSR count). The van der Waals surface area contributed by atoms with Crippen molar-refractivity contribution in [1.82, 2.24) is 0 Å². The topological polar surface area (TPSA) is 0 Å². The van der Waals surface area contributed by atoms with Gasteiger partial charge < -0.3 is 0 Å². The fraction of sp³-hybridized carbons (Fsp3) is 0.333. The van der Waals surface area contributed by atoms with Crippen molar-refractivity contribution >= 4 is 35.0 Å². The molecular formula is C9H10Cl2S. The molecule has 0 N–H and O–H groups in total. The van der Waals surface area contributed by atoms with Crippen LogP contribution in [0, 0.1) is 0 Å². The summed E-state index contributed by atoms with van der Waals surface area (Å²) in [5.74, 6) is 1.11. The van der Waals surface area contributed by atoms with Crippen LogP contribution in [0.25, 0.3) is 0 Å². The number of halogens is 2. The van der Waals surface area contributed by atoms with E-state index in [4.69, 9.17) is 23.2 Å². The molecule has 0 saturated heterocycles. The van der Waals surface area contributed by atoms with Gasteiger partial charge in [0.15, 0.2) is 0 Å². The minimum atomic E-state index is 0.721. The van der Waals surface area contributed by atoms with Crippen molar-refractivity contribution < 1.29 is 0 Å². The molecule has 0 unspecified atom stereocenters. The summed E-state index contributed by atoms with van der Waals surface area (Å²) < 4.78 is 0. The highest BCUT2D eigenvalue weighted by Gasteiger charge is 1.97. The predicted molar refractivity (Wildman–Crippen MR) is 58.5 cm³/mol. The highest BCUT2D eigenvalue weighted by molar-refractivity contribution is 7.98. The molecule has 12 heavy (non-hydrogen) atoms. The molecule has 0 atom stereocenters. The molecule has 1 aromatic rings. The molecule has 0 fully saturated rings. The van der Waals surface area contributed by atoms with Crippen LogP contribution in [0.5, 0.6) is 0 Å². The molecule has 0 aliphatic heterocycles. The third kappa shape index (κ3) is 3.26. The maximum Gasteiger partial charge on any atom is 0.0423 e. The van der Waals surface area contributed by atoms with E-state index in [0.29, 0.717) is 0 Å². The third-order valence-corrected chi connectivity index (χ3v) is 2.57. The SMILES string of the molecule is CSCCc1cc(Cl)cc(Cl)c1. The zero-order valence-corrected chi connectivity index (χ0v) is 9.14. The highest BCUT2D eigenvalue weighted by Crippen LogP contribution is 2.19. The van der Waals surface area contributed by atoms with E-state index < -0.39 is 0 Å². The van der Waals surface area contributed by atoms with E-state index in [9.17, 15) is 0 Å².